The Morgan fingerprint density at radius 3 is 2.91 bits per heavy atom. The second-order valence-corrected chi connectivity index (χ2v) is 5.87. The van der Waals surface area contributed by atoms with Gasteiger partial charge in [-0.3, -0.25) is 4.90 Å². The molecule has 1 aliphatic heterocycles. The van der Waals surface area contributed by atoms with E-state index >= 15 is 0 Å². The van der Waals surface area contributed by atoms with Gasteiger partial charge in [-0.25, -0.2) is 9.78 Å². The minimum atomic E-state index is -0.951. The van der Waals surface area contributed by atoms with Gasteiger partial charge in [0.25, 0.3) is 0 Å². The Morgan fingerprint density at radius 1 is 1.36 bits per heavy atom. The summed E-state index contributed by atoms with van der Waals surface area (Å²) in [6, 6.07) is 6.83. The number of carbonyl (C=O) groups is 1. The Bertz CT molecular complexity index is 653. The van der Waals surface area contributed by atoms with Crippen molar-refractivity contribution in [1.29, 1.82) is 0 Å². The highest BCUT2D eigenvalue weighted by Crippen LogP contribution is 2.24. The lowest BCUT2D eigenvalue weighted by Crippen LogP contribution is -2.35. The van der Waals surface area contributed by atoms with Gasteiger partial charge in [-0.1, -0.05) is 12.1 Å². The molecule has 0 unspecified atom stereocenters. The number of benzene rings is 1. The van der Waals surface area contributed by atoms with Crippen molar-refractivity contribution in [3.05, 3.63) is 40.9 Å². The summed E-state index contributed by atoms with van der Waals surface area (Å²) in [6.07, 6.45) is 0. The molecule has 1 fully saturated rings. The molecular formula is C15H17N3O3S. The zero-order valence-corrected chi connectivity index (χ0v) is 12.8. The zero-order chi connectivity index (χ0) is 15.4. The lowest BCUT2D eigenvalue weighted by atomic mass is 10.2. The maximum Gasteiger partial charge on any atom is 0.337 e. The van der Waals surface area contributed by atoms with Gasteiger partial charge in [-0.05, 0) is 12.1 Å². The fraction of sp³-hybridized carbons (Fsp3) is 0.333. The number of hydrogen-bond acceptors (Lipinski definition) is 6. The quantitative estimate of drug-likeness (QED) is 0.881. The first kappa shape index (κ1) is 15.0. The summed E-state index contributed by atoms with van der Waals surface area (Å²) >= 11 is 1.48. The number of anilines is 2. The van der Waals surface area contributed by atoms with Gasteiger partial charge in [0.05, 0.1) is 30.2 Å². The normalized spacial score (nSPS) is 15.6. The van der Waals surface area contributed by atoms with Crippen molar-refractivity contribution in [1.82, 2.24) is 9.88 Å². The maximum atomic E-state index is 11.2. The van der Waals surface area contributed by atoms with E-state index in [4.69, 9.17) is 4.74 Å². The smallest absolute Gasteiger partial charge is 0.337 e. The average Bonchev–Trinajstić information content (AvgIpc) is 2.96. The van der Waals surface area contributed by atoms with Crippen LogP contribution >= 0.6 is 11.3 Å². The number of rotatable bonds is 5. The lowest BCUT2D eigenvalue weighted by molar-refractivity contribution is 0.0337. The molecule has 1 saturated heterocycles. The van der Waals surface area contributed by atoms with E-state index in [1.807, 2.05) is 5.38 Å². The lowest BCUT2D eigenvalue weighted by Gasteiger charge is -2.25. The highest BCUT2D eigenvalue weighted by Gasteiger charge is 2.14. The van der Waals surface area contributed by atoms with E-state index in [2.05, 4.69) is 15.2 Å². The maximum absolute atomic E-state index is 11.2. The van der Waals surface area contributed by atoms with Crippen LogP contribution in [0.5, 0.6) is 0 Å². The molecule has 2 aromatic rings. The van der Waals surface area contributed by atoms with Crippen molar-refractivity contribution in [3.63, 3.8) is 0 Å². The van der Waals surface area contributed by atoms with E-state index in [0.717, 1.165) is 38.5 Å². The number of aromatic carboxylic acids is 1. The van der Waals surface area contributed by atoms with E-state index in [1.165, 1.54) is 11.3 Å². The fourth-order valence-electron chi connectivity index (χ4n) is 2.32. The molecule has 0 aliphatic carbocycles. The third-order valence-electron chi connectivity index (χ3n) is 3.44. The van der Waals surface area contributed by atoms with E-state index in [0.29, 0.717) is 10.8 Å². The number of aromatic nitrogens is 1. The van der Waals surface area contributed by atoms with Crippen molar-refractivity contribution in [2.24, 2.45) is 0 Å². The topological polar surface area (TPSA) is 74.7 Å². The summed E-state index contributed by atoms with van der Waals surface area (Å²) in [5, 5.41) is 15.0. The molecule has 2 N–H and O–H groups in total. The molecule has 116 valence electrons. The van der Waals surface area contributed by atoms with Crippen LogP contribution in [0.3, 0.4) is 0 Å². The van der Waals surface area contributed by atoms with Crippen LogP contribution in [-0.2, 0) is 11.3 Å². The largest absolute Gasteiger partial charge is 0.478 e. The molecule has 1 aliphatic rings. The van der Waals surface area contributed by atoms with Gasteiger partial charge in [0.2, 0.25) is 0 Å². The zero-order valence-electron chi connectivity index (χ0n) is 12.0. The number of carboxylic acids is 1. The predicted octanol–water partition coefficient (Wildman–Crippen LogP) is 2.42. The SMILES string of the molecule is O=C(O)c1ccccc1Nc1nc(CN2CCOCC2)cs1. The summed E-state index contributed by atoms with van der Waals surface area (Å²) in [7, 11) is 0. The fourth-order valence-corrected chi connectivity index (χ4v) is 3.03. The summed E-state index contributed by atoms with van der Waals surface area (Å²) < 4.78 is 5.33. The molecule has 0 saturated carbocycles. The number of nitrogens with one attached hydrogen (secondary N) is 1. The Hall–Kier alpha value is -1.96. The minimum Gasteiger partial charge on any atom is -0.478 e. The Labute approximate surface area is 132 Å². The van der Waals surface area contributed by atoms with Crippen LogP contribution in [0.4, 0.5) is 10.8 Å². The van der Waals surface area contributed by atoms with Crippen LogP contribution in [0.1, 0.15) is 16.1 Å². The molecule has 1 aromatic carbocycles. The van der Waals surface area contributed by atoms with Crippen LogP contribution in [0, 0.1) is 0 Å². The Balaban J connectivity index is 1.68. The molecule has 1 aromatic heterocycles. The van der Waals surface area contributed by atoms with Crippen LogP contribution in [0.15, 0.2) is 29.6 Å². The number of hydrogen-bond donors (Lipinski definition) is 2. The van der Waals surface area contributed by atoms with Gasteiger partial charge < -0.3 is 15.2 Å². The van der Waals surface area contributed by atoms with Crippen LogP contribution in [0.25, 0.3) is 0 Å². The molecule has 0 spiro atoms. The van der Waals surface area contributed by atoms with Crippen molar-refractivity contribution >= 4 is 28.1 Å². The first-order valence-electron chi connectivity index (χ1n) is 7.06. The molecule has 0 bridgehead atoms. The summed E-state index contributed by atoms with van der Waals surface area (Å²) in [5.41, 5.74) is 1.79. The predicted molar refractivity (Wildman–Crippen MR) is 84.9 cm³/mol. The van der Waals surface area contributed by atoms with Gasteiger partial charge >= 0.3 is 5.97 Å². The first-order chi connectivity index (χ1) is 10.7. The van der Waals surface area contributed by atoms with E-state index in [-0.39, 0.29) is 5.56 Å². The number of nitrogens with zero attached hydrogens (tertiary/aromatic N) is 2. The molecule has 0 radical (unpaired) electrons. The van der Waals surface area contributed by atoms with Crippen LogP contribution in [-0.4, -0.2) is 47.3 Å². The van der Waals surface area contributed by atoms with E-state index < -0.39 is 5.97 Å². The summed E-state index contributed by atoms with van der Waals surface area (Å²) in [5.74, 6) is -0.951. The molecule has 0 amide bonds. The third kappa shape index (κ3) is 3.62. The van der Waals surface area contributed by atoms with Crippen LogP contribution < -0.4 is 5.32 Å². The minimum absolute atomic E-state index is 0.243. The molecule has 6 nitrogen and oxygen atoms in total. The Morgan fingerprint density at radius 2 is 2.14 bits per heavy atom. The molecule has 0 atom stereocenters. The summed E-state index contributed by atoms with van der Waals surface area (Å²) in [6.45, 7) is 4.16. The first-order valence-corrected chi connectivity index (χ1v) is 7.94. The Kier molecular flexibility index (Phi) is 4.67. The third-order valence-corrected chi connectivity index (χ3v) is 4.25. The number of thiazole rings is 1. The average molecular weight is 319 g/mol. The van der Waals surface area contributed by atoms with Gasteiger partial charge in [-0.2, -0.15) is 0 Å². The van der Waals surface area contributed by atoms with Crippen molar-refractivity contribution < 1.29 is 14.6 Å². The van der Waals surface area contributed by atoms with Crippen molar-refractivity contribution in [2.75, 3.05) is 31.6 Å². The molecule has 3 rings (SSSR count). The number of morpholine rings is 1. The van der Waals surface area contributed by atoms with Gasteiger partial charge in [0.15, 0.2) is 5.13 Å². The van der Waals surface area contributed by atoms with Crippen molar-refractivity contribution in [3.8, 4) is 0 Å². The standard InChI is InChI=1S/C15H17N3O3S/c19-14(20)12-3-1-2-4-13(12)17-15-16-11(10-22-15)9-18-5-7-21-8-6-18/h1-4,10H,5-9H2,(H,16,17)(H,19,20). The highest BCUT2D eigenvalue weighted by atomic mass is 32.1. The van der Waals surface area contributed by atoms with Gasteiger partial charge in [0, 0.05) is 25.0 Å². The van der Waals surface area contributed by atoms with Gasteiger partial charge in [0.1, 0.15) is 0 Å². The van der Waals surface area contributed by atoms with Crippen LogP contribution in [0.2, 0.25) is 0 Å². The van der Waals surface area contributed by atoms with Crippen molar-refractivity contribution in [2.45, 2.75) is 6.54 Å². The highest BCUT2D eigenvalue weighted by molar-refractivity contribution is 7.13. The monoisotopic (exact) mass is 319 g/mol. The molecule has 7 heteroatoms. The van der Waals surface area contributed by atoms with E-state index in [9.17, 15) is 9.90 Å². The molecular weight excluding hydrogens is 302 g/mol. The van der Waals surface area contributed by atoms with Gasteiger partial charge in [-0.15, -0.1) is 11.3 Å². The number of carboxylic acid groups (broad SMARTS) is 1. The number of para-hydroxylation sites is 1. The second-order valence-electron chi connectivity index (χ2n) is 5.01. The second kappa shape index (κ2) is 6.87. The van der Waals surface area contributed by atoms with E-state index in [1.54, 1.807) is 24.3 Å². The molecule has 2 heterocycles. The summed E-state index contributed by atoms with van der Waals surface area (Å²) in [4.78, 5) is 18.0. The molecule has 22 heavy (non-hydrogen) atoms. The number of ether oxygens (including phenoxy) is 1.